The van der Waals surface area contributed by atoms with Gasteiger partial charge in [-0.15, -0.1) is 0 Å². The molecule has 2 unspecified atom stereocenters. The van der Waals surface area contributed by atoms with Gasteiger partial charge >= 0.3 is 0 Å². The van der Waals surface area contributed by atoms with Crippen LogP contribution in [0.2, 0.25) is 0 Å². The highest BCUT2D eigenvalue weighted by atomic mass is 16.5. The van der Waals surface area contributed by atoms with Gasteiger partial charge in [-0.1, -0.05) is 13.8 Å². The molecule has 0 aliphatic carbocycles. The van der Waals surface area contributed by atoms with E-state index in [-0.39, 0.29) is 18.0 Å². The van der Waals surface area contributed by atoms with Crippen molar-refractivity contribution in [2.75, 3.05) is 26.3 Å². The van der Waals surface area contributed by atoms with Crippen LogP contribution >= 0.6 is 0 Å². The van der Waals surface area contributed by atoms with Gasteiger partial charge in [0.1, 0.15) is 0 Å². The second kappa shape index (κ2) is 9.34. The van der Waals surface area contributed by atoms with Gasteiger partial charge in [0.15, 0.2) is 0 Å². The van der Waals surface area contributed by atoms with Crippen molar-refractivity contribution in [1.29, 1.82) is 0 Å². The fourth-order valence-corrected chi connectivity index (χ4v) is 1.88. The third-order valence-corrected chi connectivity index (χ3v) is 3.22. The molecule has 0 bridgehead atoms. The summed E-state index contributed by atoms with van der Waals surface area (Å²) < 4.78 is 5.46. The molecule has 0 radical (unpaired) electrons. The molecule has 18 heavy (non-hydrogen) atoms. The predicted octanol–water partition coefficient (Wildman–Crippen LogP) is 1.89. The molecule has 0 aromatic heterocycles. The van der Waals surface area contributed by atoms with Gasteiger partial charge in [0.25, 0.3) is 0 Å². The summed E-state index contributed by atoms with van der Waals surface area (Å²) in [4.78, 5) is 14.0. The molecule has 4 heteroatoms. The molecule has 0 aromatic carbocycles. The minimum Gasteiger partial charge on any atom is -0.380 e. The molecule has 0 saturated heterocycles. The molecule has 0 rings (SSSR count). The van der Waals surface area contributed by atoms with Crippen molar-refractivity contribution >= 4 is 5.91 Å². The van der Waals surface area contributed by atoms with Crippen molar-refractivity contribution in [3.05, 3.63) is 0 Å². The van der Waals surface area contributed by atoms with Gasteiger partial charge in [0.05, 0.1) is 12.6 Å². The number of hydrogen-bond donors (Lipinski definition) is 1. The van der Waals surface area contributed by atoms with Crippen molar-refractivity contribution in [3.63, 3.8) is 0 Å². The van der Waals surface area contributed by atoms with Crippen molar-refractivity contribution in [2.24, 2.45) is 5.92 Å². The van der Waals surface area contributed by atoms with Crippen molar-refractivity contribution in [2.45, 2.75) is 53.6 Å². The SMILES string of the molecule is CCOCC(NC(C)C(=O)N(CC)CC)C(C)C. The van der Waals surface area contributed by atoms with E-state index in [2.05, 4.69) is 19.2 Å². The molecule has 1 amide bonds. The monoisotopic (exact) mass is 258 g/mol. The summed E-state index contributed by atoms with van der Waals surface area (Å²) in [5, 5.41) is 3.38. The fourth-order valence-electron chi connectivity index (χ4n) is 1.88. The van der Waals surface area contributed by atoms with Gasteiger partial charge in [-0.3, -0.25) is 4.79 Å². The normalized spacial score (nSPS) is 14.6. The molecule has 108 valence electrons. The van der Waals surface area contributed by atoms with E-state index in [1.165, 1.54) is 0 Å². The zero-order valence-electron chi connectivity index (χ0n) is 12.8. The number of ether oxygens (including phenoxy) is 1. The first-order valence-corrected chi connectivity index (χ1v) is 7.10. The maximum atomic E-state index is 12.2. The summed E-state index contributed by atoms with van der Waals surface area (Å²) >= 11 is 0. The first-order valence-electron chi connectivity index (χ1n) is 7.10. The lowest BCUT2D eigenvalue weighted by Crippen LogP contribution is -2.51. The topological polar surface area (TPSA) is 41.6 Å². The smallest absolute Gasteiger partial charge is 0.239 e. The average molecular weight is 258 g/mol. The maximum absolute atomic E-state index is 12.2. The van der Waals surface area contributed by atoms with Crippen molar-refractivity contribution in [1.82, 2.24) is 10.2 Å². The maximum Gasteiger partial charge on any atom is 0.239 e. The molecular weight excluding hydrogens is 228 g/mol. The highest BCUT2D eigenvalue weighted by Crippen LogP contribution is 2.05. The van der Waals surface area contributed by atoms with Gasteiger partial charge in [0.2, 0.25) is 5.91 Å². The van der Waals surface area contributed by atoms with Gasteiger partial charge in [-0.2, -0.15) is 0 Å². The van der Waals surface area contributed by atoms with Crippen LogP contribution in [0.15, 0.2) is 0 Å². The van der Waals surface area contributed by atoms with Crippen LogP contribution in [-0.4, -0.2) is 49.2 Å². The summed E-state index contributed by atoms with van der Waals surface area (Å²) in [6.07, 6.45) is 0. The first-order chi connectivity index (χ1) is 8.47. The van der Waals surface area contributed by atoms with Crippen LogP contribution in [-0.2, 0) is 9.53 Å². The zero-order chi connectivity index (χ0) is 14.1. The number of likely N-dealkylation sites (N-methyl/N-ethyl adjacent to an activating group) is 1. The Labute approximate surface area is 112 Å². The third-order valence-electron chi connectivity index (χ3n) is 3.22. The van der Waals surface area contributed by atoms with E-state index in [0.717, 1.165) is 13.1 Å². The quantitative estimate of drug-likeness (QED) is 0.687. The summed E-state index contributed by atoms with van der Waals surface area (Å²) in [6, 6.07) is 0.0669. The van der Waals surface area contributed by atoms with Gasteiger partial charge in [0, 0.05) is 25.7 Å². The van der Waals surface area contributed by atoms with E-state index in [1.807, 2.05) is 32.6 Å². The number of carbonyl (C=O) groups is 1. The standard InChI is InChI=1S/C14H30N2O2/c1-7-16(8-2)14(17)12(6)15-13(11(4)5)10-18-9-3/h11-13,15H,7-10H2,1-6H3. The van der Waals surface area contributed by atoms with E-state index in [1.54, 1.807) is 0 Å². The number of amides is 1. The first kappa shape index (κ1) is 17.4. The van der Waals surface area contributed by atoms with Gasteiger partial charge < -0.3 is 15.0 Å². The Morgan fingerprint density at radius 1 is 1.17 bits per heavy atom. The Hall–Kier alpha value is -0.610. The highest BCUT2D eigenvalue weighted by molar-refractivity contribution is 5.81. The second-order valence-electron chi connectivity index (χ2n) is 4.91. The second-order valence-corrected chi connectivity index (χ2v) is 4.91. The molecule has 0 spiro atoms. The minimum absolute atomic E-state index is 0.155. The minimum atomic E-state index is -0.155. The zero-order valence-corrected chi connectivity index (χ0v) is 12.8. The van der Waals surface area contributed by atoms with E-state index < -0.39 is 0 Å². The lowest BCUT2D eigenvalue weighted by atomic mass is 10.0. The lowest BCUT2D eigenvalue weighted by Gasteiger charge is -2.29. The third kappa shape index (κ3) is 5.83. The Kier molecular flexibility index (Phi) is 9.02. The lowest BCUT2D eigenvalue weighted by molar-refractivity contribution is -0.133. The van der Waals surface area contributed by atoms with E-state index in [4.69, 9.17) is 4.74 Å². The fraction of sp³-hybridized carbons (Fsp3) is 0.929. The molecule has 0 aliphatic rings. The van der Waals surface area contributed by atoms with E-state index >= 15 is 0 Å². The van der Waals surface area contributed by atoms with Crippen LogP contribution in [0.25, 0.3) is 0 Å². The largest absolute Gasteiger partial charge is 0.380 e. The molecule has 1 N–H and O–H groups in total. The Balaban J connectivity index is 4.39. The van der Waals surface area contributed by atoms with Crippen LogP contribution in [0.4, 0.5) is 0 Å². The van der Waals surface area contributed by atoms with Crippen LogP contribution < -0.4 is 5.32 Å². The Morgan fingerprint density at radius 3 is 2.11 bits per heavy atom. The van der Waals surface area contributed by atoms with Crippen LogP contribution in [0.3, 0.4) is 0 Å². The van der Waals surface area contributed by atoms with Gasteiger partial charge in [-0.25, -0.2) is 0 Å². The summed E-state index contributed by atoms with van der Waals surface area (Å²) in [7, 11) is 0. The highest BCUT2D eigenvalue weighted by Gasteiger charge is 2.22. The molecule has 0 heterocycles. The van der Waals surface area contributed by atoms with Crippen LogP contribution in [0.1, 0.15) is 41.5 Å². The number of carbonyl (C=O) groups excluding carboxylic acids is 1. The summed E-state index contributed by atoms with van der Waals surface area (Å²) in [6.45, 7) is 15.1. The molecular formula is C14H30N2O2. The van der Waals surface area contributed by atoms with Crippen LogP contribution in [0.5, 0.6) is 0 Å². The number of nitrogens with one attached hydrogen (secondary N) is 1. The van der Waals surface area contributed by atoms with Crippen molar-refractivity contribution < 1.29 is 9.53 Å². The summed E-state index contributed by atoms with van der Waals surface area (Å²) in [5.41, 5.74) is 0. The summed E-state index contributed by atoms with van der Waals surface area (Å²) in [5.74, 6) is 0.616. The predicted molar refractivity (Wildman–Crippen MR) is 75.6 cm³/mol. The van der Waals surface area contributed by atoms with Crippen LogP contribution in [0, 0.1) is 5.92 Å². The van der Waals surface area contributed by atoms with E-state index in [9.17, 15) is 4.79 Å². The number of hydrogen-bond acceptors (Lipinski definition) is 3. The molecule has 0 aromatic rings. The van der Waals surface area contributed by atoms with E-state index in [0.29, 0.717) is 19.1 Å². The molecule has 0 saturated carbocycles. The van der Waals surface area contributed by atoms with Crippen molar-refractivity contribution in [3.8, 4) is 0 Å². The average Bonchev–Trinajstić information content (AvgIpc) is 2.35. The van der Waals surface area contributed by atoms with Gasteiger partial charge in [-0.05, 0) is 33.6 Å². The molecule has 0 fully saturated rings. The number of nitrogens with zero attached hydrogens (tertiary/aromatic N) is 1. The molecule has 4 nitrogen and oxygen atoms in total. The molecule has 0 aliphatic heterocycles. The Morgan fingerprint density at radius 2 is 1.72 bits per heavy atom. The Bertz CT molecular complexity index is 228. The number of rotatable bonds is 9. The molecule has 2 atom stereocenters.